The van der Waals surface area contributed by atoms with E-state index in [-0.39, 0.29) is 29.8 Å². The van der Waals surface area contributed by atoms with E-state index in [4.69, 9.17) is 10.2 Å². The van der Waals surface area contributed by atoms with Gasteiger partial charge in [-0.05, 0) is 30.2 Å². The van der Waals surface area contributed by atoms with Gasteiger partial charge in [0.2, 0.25) is 10.0 Å². The van der Waals surface area contributed by atoms with Crippen molar-refractivity contribution in [3.8, 4) is 0 Å². The van der Waals surface area contributed by atoms with Gasteiger partial charge in [-0.2, -0.15) is 0 Å². The zero-order chi connectivity index (χ0) is 17.5. The second-order valence-electron chi connectivity index (χ2n) is 5.79. The summed E-state index contributed by atoms with van der Waals surface area (Å²) in [6.45, 7) is 0.720. The minimum absolute atomic E-state index is 0. The van der Waals surface area contributed by atoms with Crippen molar-refractivity contribution >= 4 is 34.0 Å². The van der Waals surface area contributed by atoms with Crippen molar-refractivity contribution in [3.05, 3.63) is 47.4 Å². The molecule has 2 heterocycles. The van der Waals surface area contributed by atoms with Gasteiger partial charge in [0.1, 0.15) is 12.0 Å². The van der Waals surface area contributed by atoms with Crippen molar-refractivity contribution in [3.63, 3.8) is 0 Å². The smallest absolute Gasteiger partial charge is 0.261 e. The summed E-state index contributed by atoms with van der Waals surface area (Å²) in [5, 5.41) is 0. The zero-order valence-electron chi connectivity index (χ0n) is 13.9. The monoisotopic (exact) mass is 385 g/mol. The highest BCUT2D eigenvalue weighted by molar-refractivity contribution is 7.89. The highest BCUT2D eigenvalue weighted by atomic mass is 35.5. The van der Waals surface area contributed by atoms with Crippen LogP contribution in [0.4, 0.5) is 5.69 Å². The number of fused-ring (bicyclic) bond motifs is 1. The molecule has 25 heavy (non-hydrogen) atoms. The van der Waals surface area contributed by atoms with Gasteiger partial charge in [-0.3, -0.25) is 4.79 Å². The number of anilines is 1. The summed E-state index contributed by atoms with van der Waals surface area (Å²) in [6.07, 6.45) is 2.06. The molecular weight excluding hydrogens is 366 g/mol. The summed E-state index contributed by atoms with van der Waals surface area (Å²) in [4.78, 5) is 14.4. The third kappa shape index (κ3) is 3.43. The van der Waals surface area contributed by atoms with Crippen molar-refractivity contribution in [2.24, 2.45) is 5.73 Å². The van der Waals surface area contributed by atoms with E-state index < -0.39 is 10.0 Å². The van der Waals surface area contributed by atoms with Crippen LogP contribution in [0.5, 0.6) is 0 Å². The molecule has 136 valence electrons. The lowest BCUT2D eigenvalue weighted by atomic mass is 10.2. The Morgan fingerprint density at radius 3 is 2.64 bits per heavy atom. The van der Waals surface area contributed by atoms with Gasteiger partial charge < -0.3 is 15.1 Å². The molecule has 1 aromatic carbocycles. The van der Waals surface area contributed by atoms with Crippen LogP contribution in [0.1, 0.15) is 21.7 Å². The standard InChI is InChI=1S/C16H19N3O4S.ClH/c1-18(2)24(21,22)14-4-3-11-5-6-19(15(11)8-14)16(20)12-7-13(9-17)23-10-12;/h3-4,7-8,10H,5-6,9,17H2,1-2H3;1H. The molecule has 7 nitrogen and oxygen atoms in total. The predicted molar refractivity (Wildman–Crippen MR) is 96.5 cm³/mol. The number of benzene rings is 1. The summed E-state index contributed by atoms with van der Waals surface area (Å²) in [7, 11) is -0.597. The number of nitrogens with two attached hydrogens (primary N) is 1. The van der Waals surface area contributed by atoms with Crippen LogP contribution in [0, 0.1) is 0 Å². The summed E-state index contributed by atoms with van der Waals surface area (Å²) < 4.78 is 31.0. The lowest BCUT2D eigenvalue weighted by Gasteiger charge is -2.18. The third-order valence-corrected chi connectivity index (χ3v) is 5.89. The second-order valence-corrected chi connectivity index (χ2v) is 7.94. The maximum absolute atomic E-state index is 12.7. The second kappa shape index (κ2) is 7.17. The van der Waals surface area contributed by atoms with Crippen LogP contribution in [0.25, 0.3) is 0 Å². The van der Waals surface area contributed by atoms with Crippen molar-refractivity contribution < 1.29 is 17.6 Å². The molecule has 0 unspecified atom stereocenters. The number of halogens is 1. The van der Waals surface area contributed by atoms with Gasteiger partial charge in [-0.25, -0.2) is 12.7 Å². The summed E-state index contributed by atoms with van der Waals surface area (Å²) in [5.74, 6) is 0.304. The van der Waals surface area contributed by atoms with Crippen LogP contribution >= 0.6 is 12.4 Å². The molecule has 1 amide bonds. The Kier molecular flexibility index (Phi) is 5.58. The molecule has 0 bridgehead atoms. The van der Waals surface area contributed by atoms with E-state index in [1.54, 1.807) is 29.2 Å². The fraction of sp³-hybridized carbons (Fsp3) is 0.312. The number of nitrogens with zero attached hydrogens (tertiary/aromatic N) is 2. The maximum atomic E-state index is 12.7. The van der Waals surface area contributed by atoms with Crippen molar-refractivity contribution in [1.29, 1.82) is 0 Å². The number of hydrogen-bond acceptors (Lipinski definition) is 5. The summed E-state index contributed by atoms with van der Waals surface area (Å²) >= 11 is 0. The Bertz CT molecular complexity index is 893. The molecule has 0 radical (unpaired) electrons. The fourth-order valence-corrected chi connectivity index (χ4v) is 3.62. The first kappa shape index (κ1) is 19.5. The van der Waals surface area contributed by atoms with Crippen LogP contribution in [0.2, 0.25) is 0 Å². The molecule has 9 heteroatoms. The minimum atomic E-state index is -3.55. The Morgan fingerprint density at radius 1 is 1.32 bits per heavy atom. The largest absolute Gasteiger partial charge is 0.467 e. The van der Waals surface area contributed by atoms with Gasteiger partial charge in [-0.15, -0.1) is 12.4 Å². The zero-order valence-corrected chi connectivity index (χ0v) is 15.6. The van der Waals surface area contributed by atoms with E-state index in [0.29, 0.717) is 30.0 Å². The highest BCUT2D eigenvalue weighted by Crippen LogP contribution is 2.32. The summed E-state index contributed by atoms with van der Waals surface area (Å²) in [5.41, 5.74) is 7.48. The third-order valence-electron chi connectivity index (χ3n) is 4.08. The molecule has 2 aromatic rings. The average Bonchev–Trinajstić information content (AvgIpc) is 3.20. The van der Waals surface area contributed by atoms with E-state index >= 15 is 0 Å². The summed E-state index contributed by atoms with van der Waals surface area (Å²) in [6, 6.07) is 6.51. The first-order valence-electron chi connectivity index (χ1n) is 7.49. The van der Waals surface area contributed by atoms with E-state index in [1.807, 2.05) is 0 Å². The van der Waals surface area contributed by atoms with Gasteiger partial charge in [0.15, 0.2) is 0 Å². The number of carbonyl (C=O) groups is 1. The number of rotatable bonds is 4. The molecule has 3 rings (SSSR count). The lowest BCUT2D eigenvalue weighted by molar-refractivity contribution is 0.0988. The van der Waals surface area contributed by atoms with E-state index in [0.717, 1.165) is 9.87 Å². The van der Waals surface area contributed by atoms with E-state index in [2.05, 4.69) is 0 Å². The van der Waals surface area contributed by atoms with Gasteiger partial charge in [0.05, 0.1) is 17.0 Å². The fourth-order valence-electron chi connectivity index (χ4n) is 2.70. The highest BCUT2D eigenvalue weighted by Gasteiger charge is 2.29. The Morgan fingerprint density at radius 2 is 2.04 bits per heavy atom. The van der Waals surface area contributed by atoms with Gasteiger partial charge in [-0.1, -0.05) is 6.07 Å². The van der Waals surface area contributed by atoms with Crippen molar-refractivity contribution in [2.45, 2.75) is 17.9 Å². The molecule has 0 spiro atoms. The first-order chi connectivity index (χ1) is 11.3. The normalized spacial score (nSPS) is 13.7. The SMILES string of the molecule is CN(C)S(=O)(=O)c1ccc2c(c1)N(C(=O)c1coc(CN)c1)CC2.Cl. The molecule has 0 saturated carbocycles. The topological polar surface area (TPSA) is 96.9 Å². The van der Waals surface area contributed by atoms with Crippen LogP contribution in [0.3, 0.4) is 0 Å². The van der Waals surface area contributed by atoms with E-state index in [1.165, 1.54) is 20.4 Å². The Labute approximate surface area is 152 Å². The van der Waals surface area contributed by atoms with Crippen LogP contribution < -0.4 is 10.6 Å². The van der Waals surface area contributed by atoms with E-state index in [9.17, 15) is 13.2 Å². The number of carbonyl (C=O) groups excluding carboxylic acids is 1. The van der Waals surface area contributed by atoms with Crippen molar-refractivity contribution in [2.75, 3.05) is 25.5 Å². The van der Waals surface area contributed by atoms with Crippen LogP contribution in [-0.4, -0.2) is 39.3 Å². The number of sulfonamides is 1. The molecule has 1 aliphatic heterocycles. The molecule has 1 aliphatic rings. The quantitative estimate of drug-likeness (QED) is 0.862. The van der Waals surface area contributed by atoms with Crippen LogP contribution in [0.15, 0.2) is 39.8 Å². The van der Waals surface area contributed by atoms with Gasteiger partial charge in [0, 0.05) is 26.3 Å². The number of amides is 1. The molecular formula is C16H20ClN3O4S. The maximum Gasteiger partial charge on any atom is 0.261 e. The molecule has 2 N–H and O–H groups in total. The number of hydrogen-bond donors (Lipinski definition) is 1. The van der Waals surface area contributed by atoms with Gasteiger partial charge >= 0.3 is 0 Å². The molecule has 0 atom stereocenters. The molecule has 0 fully saturated rings. The van der Waals surface area contributed by atoms with Crippen LogP contribution in [-0.2, 0) is 23.0 Å². The minimum Gasteiger partial charge on any atom is -0.467 e. The van der Waals surface area contributed by atoms with Crippen molar-refractivity contribution in [1.82, 2.24) is 4.31 Å². The molecule has 0 aliphatic carbocycles. The van der Waals surface area contributed by atoms with Gasteiger partial charge in [0.25, 0.3) is 5.91 Å². The lowest BCUT2D eigenvalue weighted by Crippen LogP contribution is -2.29. The average molecular weight is 386 g/mol. The Hall–Kier alpha value is -1.87. The first-order valence-corrected chi connectivity index (χ1v) is 8.93. The number of furan rings is 1. The molecule has 0 saturated heterocycles. The Balaban J connectivity index is 0.00000225. The molecule has 1 aromatic heterocycles. The predicted octanol–water partition coefficient (Wildman–Crippen LogP) is 1.61.